The number of hydrogen-bond acceptors (Lipinski definition) is 2. The summed E-state index contributed by atoms with van der Waals surface area (Å²) in [7, 11) is 0. The van der Waals surface area contributed by atoms with Crippen molar-refractivity contribution in [3.8, 4) is 0 Å². The summed E-state index contributed by atoms with van der Waals surface area (Å²) in [6.45, 7) is 4.18. The van der Waals surface area contributed by atoms with Crippen molar-refractivity contribution in [2.75, 3.05) is 0 Å². The first-order chi connectivity index (χ1) is 6.22. The van der Waals surface area contributed by atoms with E-state index in [1.54, 1.807) is 6.20 Å². The molecule has 0 aliphatic rings. The van der Waals surface area contributed by atoms with Crippen LogP contribution in [0.3, 0.4) is 0 Å². The zero-order chi connectivity index (χ0) is 9.42. The summed E-state index contributed by atoms with van der Waals surface area (Å²) < 4.78 is 2.89. The molecule has 0 spiro atoms. The Balaban J connectivity index is 2.77. The van der Waals surface area contributed by atoms with Gasteiger partial charge in [0, 0.05) is 11.9 Å². The van der Waals surface area contributed by atoms with Crippen molar-refractivity contribution < 1.29 is 0 Å². The molecule has 0 aliphatic heterocycles. The minimum absolute atomic E-state index is 0.836. The van der Waals surface area contributed by atoms with E-state index in [0.717, 1.165) is 22.4 Å². The van der Waals surface area contributed by atoms with Crippen molar-refractivity contribution in [1.29, 1.82) is 0 Å². The predicted molar refractivity (Wildman–Crippen MR) is 54.8 cm³/mol. The molecule has 0 saturated heterocycles. The monoisotopic (exact) mass is 239 g/mol. The fourth-order valence-electron chi connectivity index (χ4n) is 1.43. The Bertz CT molecular complexity index is 447. The molecule has 2 aromatic heterocycles. The van der Waals surface area contributed by atoms with Gasteiger partial charge in [-0.2, -0.15) is 0 Å². The number of halogens is 1. The molecule has 0 fully saturated rings. The molecule has 0 N–H and O–H groups in total. The van der Waals surface area contributed by atoms with E-state index in [1.165, 1.54) is 5.69 Å². The number of aryl methyl sites for hydroxylation is 2. The van der Waals surface area contributed by atoms with E-state index in [4.69, 9.17) is 0 Å². The average Bonchev–Trinajstić information content (AvgIpc) is 2.44. The van der Waals surface area contributed by atoms with Gasteiger partial charge < -0.3 is 4.40 Å². The van der Waals surface area contributed by atoms with Gasteiger partial charge in [0.05, 0.1) is 11.9 Å². The van der Waals surface area contributed by atoms with E-state index in [1.807, 2.05) is 6.20 Å². The van der Waals surface area contributed by atoms with Crippen LogP contribution in [-0.4, -0.2) is 14.4 Å². The van der Waals surface area contributed by atoms with Gasteiger partial charge in [0.25, 0.3) is 0 Å². The zero-order valence-corrected chi connectivity index (χ0v) is 9.17. The fraction of sp³-hybridized carbons (Fsp3) is 0.333. The molecule has 0 radical (unpaired) electrons. The van der Waals surface area contributed by atoms with Gasteiger partial charge in [0.1, 0.15) is 4.60 Å². The van der Waals surface area contributed by atoms with Gasteiger partial charge in [-0.3, -0.25) is 0 Å². The number of hydrogen-bond donors (Lipinski definition) is 0. The maximum absolute atomic E-state index is 4.45. The van der Waals surface area contributed by atoms with Crippen LogP contribution in [0.1, 0.15) is 18.3 Å². The van der Waals surface area contributed by atoms with Crippen LogP contribution in [0.25, 0.3) is 5.65 Å². The highest BCUT2D eigenvalue weighted by Crippen LogP contribution is 2.14. The van der Waals surface area contributed by atoms with Crippen molar-refractivity contribution in [1.82, 2.24) is 14.4 Å². The first kappa shape index (κ1) is 8.69. The molecule has 0 atom stereocenters. The quantitative estimate of drug-likeness (QED) is 0.765. The maximum Gasteiger partial charge on any atom is 0.155 e. The molecule has 0 aliphatic carbocycles. The van der Waals surface area contributed by atoms with Crippen LogP contribution in [0.2, 0.25) is 0 Å². The van der Waals surface area contributed by atoms with Crippen LogP contribution in [0, 0.1) is 6.92 Å². The number of fused-ring (bicyclic) bond motifs is 1. The summed E-state index contributed by atoms with van der Waals surface area (Å²) in [5.41, 5.74) is 3.25. The zero-order valence-electron chi connectivity index (χ0n) is 7.58. The lowest BCUT2D eigenvalue weighted by atomic mass is 10.3. The van der Waals surface area contributed by atoms with E-state index < -0.39 is 0 Å². The van der Waals surface area contributed by atoms with Crippen molar-refractivity contribution in [3.63, 3.8) is 0 Å². The Hall–Kier alpha value is -0.900. The van der Waals surface area contributed by atoms with Crippen molar-refractivity contribution in [3.05, 3.63) is 28.4 Å². The Morgan fingerprint density at radius 2 is 2.31 bits per heavy atom. The molecule has 0 aromatic carbocycles. The molecule has 0 amide bonds. The normalized spacial score (nSPS) is 11.0. The molecule has 3 nitrogen and oxygen atoms in total. The summed E-state index contributed by atoms with van der Waals surface area (Å²) in [5, 5.41) is 0. The second-order valence-electron chi connectivity index (χ2n) is 2.94. The molecular weight excluding hydrogens is 230 g/mol. The van der Waals surface area contributed by atoms with Crippen LogP contribution in [0.15, 0.2) is 17.0 Å². The van der Waals surface area contributed by atoms with Crippen LogP contribution in [0.4, 0.5) is 0 Å². The Morgan fingerprint density at radius 1 is 1.54 bits per heavy atom. The second-order valence-corrected chi connectivity index (χ2v) is 3.75. The van der Waals surface area contributed by atoms with Crippen molar-refractivity contribution in [2.45, 2.75) is 20.3 Å². The van der Waals surface area contributed by atoms with Gasteiger partial charge in [-0.15, -0.1) is 0 Å². The summed E-state index contributed by atoms with van der Waals surface area (Å²) >= 11 is 3.34. The van der Waals surface area contributed by atoms with Gasteiger partial charge in [-0.1, -0.05) is 6.92 Å². The molecule has 0 saturated carbocycles. The summed E-state index contributed by atoms with van der Waals surface area (Å²) in [6, 6.07) is 0. The molecule has 2 rings (SSSR count). The van der Waals surface area contributed by atoms with Gasteiger partial charge in [-0.05, 0) is 29.3 Å². The van der Waals surface area contributed by atoms with Gasteiger partial charge >= 0.3 is 0 Å². The third-order valence-electron chi connectivity index (χ3n) is 2.15. The lowest BCUT2D eigenvalue weighted by molar-refractivity contribution is 1.01. The highest BCUT2D eigenvalue weighted by molar-refractivity contribution is 9.10. The highest BCUT2D eigenvalue weighted by atomic mass is 79.9. The molecule has 0 bridgehead atoms. The van der Waals surface area contributed by atoms with Crippen LogP contribution < -0.4 is 0 Å². The van der Waals surface area contributed by atoms with Crippen LogP contribution in [-0.2, 0) is 6.42 Å². The predicted octanol–water partition coefficient (Wildman–Crippen LogP) is 2.36. The largest absolute Gasteiger partial charge is 0.300 e. The molecular formula is C9H10BrN3. The SMILES string of the molecule is CCc1nc2cnc(Br)cn2c1C. The number of aromatic nitrogens is 3. The molecule has 2 heterocycles. The Labute approximate surface area is 85.0 Å². The van der Waals surface area contributed by atoms with Crippen molar-refractivity contribution in [2.24, 2.45) is 0 Å². The third-order valence-corrected chi connectivity index (χ3v) is 2.56. The molecule has 68 valence electrons. The average molecular weight is 240 g/mol. The Kier molecular flexibility index (Phi) is 2.07. The third kappa shape index (κ3) is 1.35. The lowest BCUT2D eigenvalue weighted by Gasteiger charge is -1.96. The summed E-state index contributed by atoms with van der Waals surface area (Å²) in [6.07, 6.45) is 4.68. The topological polar surface area (TPSA) is 30.2 Å². The summed E-state index contributed by atoms with van der Waals surface area (Å²) in [5.74, 6) is 0. The van der Waals surface area contributed by atoms with Crippen LogP contribution in [0.5, 0.6) is 0 Å². The van der Waals surface area contributed by atoms with Crippen LogP contribution >= 0.6 is 15.9 Å². The standard InChI is InChI=1S/C9H10BrN3/c1-3-7-6(2)13-5-8(10)11-4-9(13)12-7/h4-5H,3H2,1-2H3. The fourth-order valence-corrected chi connectivity index (χ4v) is 1.74. The summed E-state index contributed by atoms with van der Waals surface area (Å²) in [4.78, 5) is 8.58. The van der Waals surface area contributed by atoms with E-state index >= 15 is 0 Å². The number of rotatable bonds is 1. The minimum atomic E-state index is 0.836. The molecule has 13 heavy (non-hydrogen) atoms. The van der Waals surface area contributed by atoms with E-state index in [2.05, 4.69) is 44.1 Å². The van der Waals surface area contributed by atoms with Gasteiger partial charge in [-0.25, -0.2) is 9.97 Å². The molecule has 0 unspecified atom stereocenters. The first-order valence-electron chi connectivity index (χ1n) is 4.21. The van der Waals surface area contributed by atoms with Gasteiger partial charge in [0.15, 0.2) is 5.65 Å². The first-order valence-corrected chi connectivity index (χ1v) is 5.00. The Morgan fingerprint density at radius 3 is 3.00 bits per heavy atom. The highest BCUT2D eigenvalue weighted by Gasteiger charge is 2.06. The minimum Gasteiger partial charge on any atom is -0.300 e. The van der Waals surface area contributed by atoms with E-state index in [9.17, 15) is 0 Å². The number of nitrogens with zero attached hydrogens (tertiary/aromatic N) is 3. The molecule has 2 aromatic rings. The van der Waals surface area contributed by atoms with E-state index in [0.29, 0.717) is 0 Å². The van der Waals surface area contributed by atoms with E-state index in [-0.39, 0.29) is 0 Å². The number of imidazole rings is 1. The maximum atomic E-state index is 4.45. The van der Waals surface area contributed by atoms with Gasteiger partial charge in [0.2, 0.25) is 0 Å². The smallest absolute Gasteiger partial charge is 0.155 e. The van der Waals surface area contributed by atoms with Crippen molar-refractivity contribution >= 4 is 21.6 Å². The molecule has 4 heteroatoms. The second kappa shape index (κ2) is 3.10. The lowest BCUT2D eigenvalue weighted by Crippen LogP contribution is -1.89.